The van der Waals surface area contributed by atoms with Crippen LogP contribution in [0.1, 0.15) is 25.3 Å². The molecule has 9 heteroatoms. The molecule has 1 aliphatic rings. The Hall–Kier alpha value is -3.10. The molecule has 1 saturated heterocycles. The lowest BCUT2D eigenvalue weighted by Crippen LogP contribution is -2.46. The number of nitrogen functional groups attached to an aromatic ring is 1. The third kappa shape index (κ3) is 4.95. The van der Waals surface area contributed by atoms with Crippen LogP contribution < -0.4 is 21.3 Å². The SMILES string of the molecule is CCOC(=O)CCNC(=O)NC1CCN(c2ccc(C(=N)N)cc2)C1=O. The molecule has 3 amide bonds. The molecular formula is C17H23N5O4. The van der Waals surface area contributed by atoms with Crippen LogP contribution in [0.2, 0.25) is 0 Å². The molecule has 0 aromatic heterocycles. The van der Waals surface area contributed by atoms with Crippen molar-refractivity contribution in [2.45, 2.75) is 25.8 Å². The molecule has 140 valence electrons. The molecule has 1 aliphatic heterocycles. The molecule has 0 bridgehead atoms. The molecule has 0 spiro atoms. The van der Waals surface area contributed by atoms with Crippen LogP contribution in [0.15, 0.2) is 24.3 Å². The van der Waals surface area contributed by atoms with Crippen molar-refractivity contribution in [3.63, 3.8) is 0 Å². The quantitative estimate of drug-likeness (QED) is 0.315. The fourth-order valence-electron chi connectivity index (χ4n) is 2.61. The fourth-order valence-corrected chi connectivity index (χ4v) is 2.61. The van der Waals surface area contributed by atoms with Gasteiger partial charge in [-0.1, -0.05) is 0 Å². The van der Waals surface area contributed by atoms with Gasteiger partial charge < -0.3 is 26.0 Å². The molecule has 1 aromatic rings. The van der Waals surface area contributed by atoms with Crippen LogP contribution in [-0.2, 0) is 14.3 Å². The maximum atomic E-state index is 12.5. The lowest BCUT2D eigenvalue weighted by Gasteiger charge is -2.17. The third-order valence-electron chi connectivity index (χ3n) is 3.92. The van der Waals surface area contributed by atoms with E-state index in [0.717, 1.165) is 0 Å². The van der Waals surface area contributed by atoms with Crippen molar-refractivity contribution in [1.29, 1.82) is 5.41 Å². The zero-order chi connectivity index (χ0) is 19.1. The van der Waals surface area contributed by atoms with Crippen molar-refractivity contribution in [2.75, 3.05) is 24.6 Å². The first-order valence-corrected chi connectivity index (χ1v) is 8.38. The first kappa shape index (κ1) is 19.2. The van der Waals surface area contributed by atoms with Crippen molar-refractivity contribution >= 4 is 29.4 Å². The second-order valence-corrected chi connectivity index (χ2v) is 5.75. The molecule has 2 rings (SSSR count). The molecule has 0 saturated carbocycles. The number of carbonyl (C=O) groups is 3. The van der Waals surface area contributed by atoms with Crippen LogP contribution in [0.5, 0.6) is 0 Å². The summed E-state index contributed by atoms with van der Waals surface area (Å²) in [4.78, 5) is 37.1. The van der Waals surface area contributed by atoms with Crippen molar-refractivity contribution in [2.24, 2.45) is 5.73 Å². The topological polar surface area (TPSA) is 138 Å². The van der Waals surface area contributed by atoms with Crippen LogP contribution in [-0.4, -0.2) is 49.5 Å². The van der Waals surface area contributed by atoms with Gasteiger partial charge in [-0.2, -0.15) is 0 Å². The molecule has 26 heavy (non-hydrogen) atoms. The van der Waals surface area contributed by atoms with Gasteiger partial charge in [0.15, 0.2) is 0 Å². The maximum Gasteiger partial charge on any atom is 0.315 e. The second-order valence-electron chi connectivity index (χ2n) is 5.75. The van der Waals surface area contributed by atoms with Crippen LogP contribution in [0, 0.1) is 5.41 Å². The summed E-state index contributed by atoms with van der Waals surface area (Å²) in [6, 6.07) is 5.67. The molecular weight excluding hydrogens is 338 g/mol. The molecule has 0 radical (unpaired) electrons. The number of rotatable bonds is 7. The van der Waals surface area contributed by atoms with E-state index >= 15 is 0 Å². The molecule has 1 heterocycles. The van der Waals surface area contributed by atoms with Gasteiger partial charge in [0.1, 0.15) is 11.9 Å². The minimum atomic E-state index is -0.620. The number of anilines is 1. The molecule has 1 aromatic carbocycles. The van der Waals surface area contributed by atoms with E-state index in [1.807, 2.05) is 0 Å². The van der Waals surface area contributed by atoms with Crippen LogP contribution in [0.25, 0.3) is 0 Å². The first-order chi connectivity index (χ1) is 12.4. The normalized spacial score (nSPS) is 16.3. The number of nitrogens with zero attached hydrogens (tertiary/aromatic N) is 1. The monoisotopic (exact) mass is 361 g/mol. The van der Waals surface area contributed by atoms with Gasteiger partial charge >= 0.3 is 12.0 Å². The van der Waals surface area contributed by atoms with Gasteiger partial charge in [-0.25, -0.2) is 4.79 Å². The number of benzene rings is 1. The molecule has 0 aliphatic carbocycles. The van der Waals surface area contributed by atoms with E-state index in [-0.39, 0.29) is 30.7 Å². The van der Waals surface area contributed by atoms with E-state index in [4.69, 9.17) is 15.9 Å². The Kier molecular flexibility index (Phi) is 6.54. The number of nitrogens with one attached hydrogen (secondary N) is 3. The van der Waals surface area contributed by atoms with Gasteiger partial charge in [-0.3, -0.25) is 15.0 Å². The number of ether oxygens (including phenoxy) is 1. The van der Waals surface area contributed by atoms with Gasteiger partial charge in [-0.15, -0.1) is 0 Å². The smallest absolute Gasteiger partial charge is 0.315 e. The number of carbonyl (C=O) groups excluding carboxylic acids is 3. The first-order valence-electron chi connectivity index (χ1n) is 8.38. The van der Waals surface area contributed by atoms with Gasteiger partial charge in [0.2, 0.25) is 5.91 Å². The average Bonchev–Trinajstić information content (AvgIpc) is 2.96. The highest BCUT2D eigenvalue weighted by atomic mass is 16.5. The number of esters is 1. The average molecular weight is 361 g/mol. The van der Waals surface area contributed by atoms with E-state index in [0.29, 0.717) is 30.8 Å². The Balaban J connectivity index is 1.83. The lowest BCUT2D eigenvalue weighted by atomic mass is 10.2. The van der Waals surface area contributed by atoms with E-state index < -0.39 is 12.1 Å². The molecule has 9 nitrogen and oxygen atoms in total. The van der Waals surface area contributed by atoms with Gasteiger partial charge in [0, 0.05) is 24.3 Å². The second kappa shape index (κ2) is 8.84. The molecule has 1 unspecified atom stereocenters. The summed E-state index contributed by atoms with van der Waals surface area (Å²) in [5.41, 5.74) is 6.68. The Morgan fingerprint density at radius 1 is 1.35 bits per heavy atom. The summed E-state index contributed by atoms with van der Waals surface area (Å²) >= 11 is 0. The lowest BCUT2D eigenvalue weighted by molar-refractivity contribution is -0.142. The van der Waals surface area contributed by atoms with E-state index in [9.17, 15) is 14.4 Å². The molecule has 1 fully saturated rings. The van der Waals surface area contributed by atoms with Crippen molar-refractivity contribution < 1.29 is 19.1 Å². The number of amidine groups is 1. The fraction of sp³-hybridized carbons (Fsp3) is 0.412. The Morgan fingerprint density at radius 2 is 2.04 bits per heavy atom. The zero-order valence-electron chi connectivity index (χ0n) is 14.6. The number of nitrogens with two attached hydrogens (primary N) is 1. The van der Waals surface area contributed by atoms with Crippen LogP contribution in [0.4, 0.5) is 10.5 Å². The Bertz CT molecular complexity index is 689. The standard InChI is InChI=1S/C17H23N5O4/c1-2-26-14(23)7-9-20-17(25)21-13-8-10-22(16(13)24)12-5-3-11(4-6-12)15(18)19/h3-6,13H,2,7-10H2,1H3,(H3,18,19)(H2,20,21,25). The van der Waals surface area contributed by atoms with E-state index in [2.05, 4.69) is 10.6 Å². The minimum absolute atomic E-state index is 0.0386. The van der Waals surface area contributed by atoms with E-state index in [1.54, 1.807) is 36.1 Å². The maximum absolute atomic E-state index is 12.5. The predicted octanol–water partition coefficient (Wildman–Crippen LogP) is 0.328. The number of hydrogen-bond acceptors (Lipinski definition) is 5. The van der Waals surface area contributed by atoms with Gasteiger partial charge in [0.25, 0.3) is 0 Å². The molecule has 5 N–H and O–H groups in total. The summed E-state index contributed by atoms with van der Waals surface area (Å²) in [6.07, 6.45) is 0.563. The predicted molar refractivity (Wildman–Crippen MR) is 96.0 cm³/mol. The van der Waals surface area contributed by atoms with Gasteiger partial charge in [-0.05, 0) is 37.6 Å². The zero-order valence-corrected chi connectivity index (χ0v) is 14.6. The van der Waals surface area contributed by atoms with E-state index in [1.165, 1.54) is 0 Å². The minimum Gasteiger partial charge on any atom is -0.466 e. The molecule has 1 atom stereocenters. The van der Waals surface area contributed by atoms with Crippen molar-refractivity contribution in [1.82, 2.24) is 10.6 Å². The summed E-state index contributed by atoms with van der Waals surface area (Å²) in [5, 5.41) is 12.5. The van der Waals surface area contributed by atoms with Crippen molar-refractivity contribution in [3.05, 3.63) is 29.8 Å². The van der Waals surface area contributed by atoms with Crippen LogP contribution >= 0.6 is 0 Å². The largest absolute Gasteiger partial charge is 0.466 e. The number of hydrogen-bond donors (Lipinski definition) is 4. The van der Waals surface area contributed by atoms with Crippen molar-refractivity contribution in [3.8, 4) is 0 Å². The highest BCUT2D eigenvalue weighted by molar-refractivity contribution is 6.02. The summed E-state index contributed by atoms with van der Waals surface area (Å²) in [5.74, 6) is -0.630. The Morgan fingerprint density at radius 3 is 2.65 bits per heavy atom. The third-order valence-corrected chi connectivity index (χ3v) is 3.92. The Labute approximate surface area is 151 Å². The highest BCUT2D eigenvalue weighted by Crippen LogP contribution is 2.22. The number of urea groups is 1. The number of amides is 3. The van der Waals surface area contributed by atoms with Crippen LogP contribution in [0.3, 0.4) is 0 Å². The summed E-state index contributed by atoms with van der Waals surface area (Å²) < 4.78 is 4.77. The summed E-state index contributed by atoms with van der Waals surface area (Å²) in [7, 11) is 0. The highest BCUT2D eigenvalue weighted by Gasteiger charge is 2.33. The summed E-state index contributed by atoms with van der Waals surface area (Å²) in [6.45, 7) is 2.63. The van der Waals surface area contributed by atoms with Gasteiger partial charge in [0.05, 0.1) is 13.0 Å².